The van der Waals surface area contributed by atoms with E-state index in [9.17, 15) is 4.79 Å². The first-order valence-electron chi connectivity index (χ1n) is 13.1. The van der Waals surface area contributed by atoms with E-state index in [0.29, 0.717) is 12.6 Å². The fourth-order valence-corrected chi connectivity index (χ4v) is 6.55. The molecule has 7 heteroatoms. The summed E-state index contributed by atoms with van der Waals surface area (Å²) in [5.41, 5.74) is 8.62. The summed E-state index contributed by atoms with van der Waals surface area (Å²) in [5, 5.41) is 4.89. The van der Waals surface area contributed by atoms with Gasteiger partial charge in [-0.3, -0.25) is 0 Å². The number of hydrogen-bond donors (Lipinski definition) is 2. The van der Waals surface area contributed by atoms with E-state index < -0.39 is 0 Å². The van der Waals surface area contributed by atoms with Gasteiger partial charge in [-0.1, -0.05) is 6.07 Å². The number of hydrogen-bond acceptors (Lipinski definition) is 4. The number of morpholine rings is 1. The number of likely N-dealkylation sites (tertiary alicyclic amines) is 1. The summed E-state index contributed by atoms with van der Waals surface area (Å²) in [6, 6.07) is 7.49. The number of benzene rings is 1. The first-order valence-corrected chi connectivity index (χ1v) is 13.1. The number of amides is 2. The van der Waals surface area contributed by atoms with Crippen molar-refractivity contribution in [1.82, 2.24) is 25.1 Å². The van der Waals surface area contributed by atoms with Crippen molar-refractivity contribution in [3.8, 4) is 11.1 Å². The van der Waals surface area contributed by atoms with Crippen LogP contribution in [0.4, 0.5) is 4.79 Å². The van der Waals surface area contributed by atoms with Gasteiger partial charge in [0.2, 0.25) is 0 Å². The zero-order valence-electron chi connectivity index (χ0n) is 20.3. The molecule has 3 atom stereocenters. The highest BCUT2D eigenvalue weighted by molar-refractivity contribution is 5.84. The largest absolute Gasteiger partial charge is 0.371 e. The highest BCUT2D eigenvalue weighted by atomic mass is 16.5. The second-order valence-electron chi connectivity index (χ2n) is 10.8. The third-order valence-electron chi connectivity index (χ3n) is 8.47. The van der Waals surface area contributed by atoms with Crippen LogP contribution < -0.4 is 5.32 Å². The van der Waals surface area contributed by atoms with E-state index in [2.05, 4.69) is 45.3 Å². The number of aryl methyl sites for hydroxylation is 1. The number of nitrogens with one attached hydrogen (secondary N) is 2. The summed E-state index contributed by atoms with van der Waals surface area (Å²) >= 11 is 0. The molecule has 2 unspecified atom stereocenters. The average Bonchev–Trinajstić information content (AvgIpc) is 3.63. The van der Waals surface area contributed by atoms with Crippen LogP contribution in [-0.4, -0.2) is 64.2 Å². The third kappa shape index (κ3) is 3.72. The van der Waals surface area contributed by atoms with Gasteiger partial charge >= 0.3 is 6.03 Å². The number of carbonyl (C=O) groups is 1. The van der Waals surface area contributed by atoms with Crippen LogP contribution in [0, 0.1) is 6.92 Å². The predicted molar refractivity (Wildman–Crippen MR) is 135 cm³/mol. The number of nitrogens with zero attached hydrogens (tertiary/aromatic N) is 3. The molecule has 0 spiro atoms. The number of carbonyl (C=O) groups excluding carboxylic acids is 1. The Morgan fingerprint density at radius 3 is 2.74 bits per heavy atom. The van der Waals surface area contributed by atoms with E-state index in [1.807, 2.05) is 17.3 Å². The molecule has 3 fully saturated rings. The van der Waals surface area contributed by atoms with Crippen molar-refractivity contribution in [2.45, 2.75) is 63.8 Å². The van der Waals surface area contributed by atoms with Crippen molar-refractivity contribution in [2.75, 3.05) is 26.2 Å². The summed E-state index contributed by atoms with van der Waals surface area (Å²) < 4.78 is 5.96. The molecule has 3 aromatic rings. The molecule has 2 amide bonds. The maximum absolute atomic E-state index is 13.5. The Bertz CT molecular complexity index is 1280. The Balaban J connectivity index is 1.23. The SMILES string of the molecule is Cc1c[nH]c2ncc(-c3cc4c(c([C@@H]5CCCN5)c3)CN(C(=O)N3CC5CCC(C3)O5)CC4)cc12. The van der Waals surface area contributed by atoms with Gasteiger partial charge in [0.1, 0.15) is 5.65 Å². The highest BCUT2D eigenvalue weighted by Crippen LogP contribution is 2.37. The Kier molecular flexibility index (Phi) is 5.10. The van der Waals surface area contributed by atoms with E-state index in [1.54, 1.807) is 0 Å². The lowest BCUT2D eigenvalue weighted by Gasteiger charge is -2.38. The maximum atomic E-state index is 13.5. The molecule has 4 aliphatic rings. The molecule has 4 aliphatic heterocycles. The van der Waals surface area contributed by atoms with Crippen LogP contribution in [0.1, 0.15) is 54.0 Å². The minimum absolute atomic E-state index is 0.183. The normalized spacial score (nSPS) is 25.9. The summed E-state index contributed by atoms with van der Waals surface area (Å²) in [6.45, 7) is 6.12. The first-order chi connectivity index (χ1) is 17.1. The lowest BCUT2D eigenvalue weighted by Crippen LogP contribution is -2.52. The summed E-state index contributed by atoms with van der Waals surface area (Å²) in [6.07, 6.45) is 9.86. The van der Waals surface area contributed by atoms with Crippen LogP contribution in [0.25, 0.3) is 22.2 Å². The first kappa shape index (κ1) is 21.4. The van der Waals surface area contributed by atoms with Crippen molar-refractivity contribution in [2.24, 2.45) is 0 Å². The second-order valence-corrected chi connectivity index (χ2v) is 10.8. The van der Waals surface area contributed by atoms with Gasteiger partial charge in [0.15, 0.2) is 0 Å². The molecule has 2 N–H and O–H groups in total. The van der Waals surface area contributed by atoms with Gasteiger partial charge in [-0.05, 0) is 85.5 Å². The van der Waals surface area contributed by atoms with Crippen LogP contribution >= 0.6 is 0 Å². The van der Waals surface area contributed by atoms with Crippen LogP contribution in [0.5, 0.6) is 0 Å². The van der Waals surface area contributed by atoms with Gasteiger partial charge in [-0.25, -0.2) is 9.78 Å². The van der Waals surface area contributed by atoms with Gasteiger partial charge < -0.3 is 24.8 Å². The van der Waals surface area contributed by atoms with Crippen LogP contribution in [0.15, 0.2) is 30.6 Å². The van der Waals surface area contributed by atoms with Gasteiger partial charge in [-0.15, -0.1) is 0 Å². The zero-order chi connectivity index (χ0) is 23.5. The summed E-state index contributed by atoms with van der Waals surface area (Å²) in [4.78, 5) is 25.6. The van der Waals surface area contributed by atoms with E-state index in [0.717, 1.165) is 63.1 Å². The Hall–Kier alpha value is -2.90. The number of aromatic nitrogens is 2. The molecule has 2 aromatic heterocycles. The predicted octanol–water partition coefficient (Wildman–Crippen LogP) is 4.30. The summed E-state index contributed by atoms with van der Waals surface area (Å²) in [5.74, 6) is 0. The van der Waals surface area contributed by atoms with Crippen LogP contribution in [-0.2, 0) is 17.7 Å². The van der Waals surface area contributed by atoms with E-state index in [1.165, 1.54) is 39.6 Å². The molecular formula is C28H33N5O2. The molecule has 0 radical (unpaired) electrons. The molecule has 35 heavy (non-hydrogen) atoms. The molecule has 3 saturated heterocycles. The fraction of sp³-hybridized carbons (Fsp3) is 0.500. The van der Waals surface area contributed by atoms with Crippen molar-refractivity contribution in [1.29, 1.82) is 0 Å². The number of pyridine rings is 1. The molecule has 2 bridgehead atoms. The standard InChI is InChI=1S/C28H33N5O2/c1-17-12-30-27-23(17)11-20(13-31-27)19-9-18-6-8-32(16-25(18)24(10-19)26-3-2-7-29-26)28(34)33-14-21-4-5-22(15-33)35-21/h9-13,21-22,26,29H,2-8,14-16H2,1H3,(H,30,31)/t21?,22?,26-/m0/s1. The van der Waals surface area contributed by atoms with Gasteiger partial charge in [0.05, 0.1) is 12.2 Å². The number of urea groups is 1. The zero-order valence-corrected chi connectivity index (χ0v) is 20.3. The van der Waals surface area contributed by atoms with Crippen molar-refractivity contribution >= 4 is 17.1 Å². The minimum Gasteiger partial charge on any atom is -0.371 e. The Morgan fingerprint density at radius 2 is 1.94 bits per heavy atom. The lowest BCUT2D eigenvalue weighted by molar-refractivity contribution is -0.0291. The number of ether oxygens (including phenoxy) is 1. The lowest BCUT2D eigenvalue weighted by atomic mass is 9.87. The molecule has 7 nitrogen and oxygen atoms in total. The number of H-pyrrole nitrogens is 1. The minimum atomic E-state index is 0.183. The van der Waals surface area contributed by atoms with Crippen molar-refractivity contribution in [3.05, 3.63) is 52.8 Å². The monoisotopic (exact) mass is 471 g/mol. The summed E-state index contributed by atoms with van der Waals surface area (Å²) in [7, 11) is 0. The molecule has 7 rings (SSSR count). The Morgan fingerprint density at radius 1 is 1.09 bits per heavy atom. The molecule has 182 valence electrons. The Labute approximate surface area is 205 Å². The van der Waals surface area contributed by atoms with Gasteiger partial charge in [0.25, 0.3) is 0 Å². The molecule has 0 aliphatic carbocycles. The number of fused-ring (bicyclic) bond motifs is 4. The van der Waals surface area contributed by atoms with E-state index in [-0.39, 0.29) is 18.2 Å². The molecule has 0 saturated carbocycles. The van der Waals surface area contributed by atoms with E-state index in [4.69, 9.17) is 4.74 Å². The van der Waals surface area contributed by atoms with Gasteiger partial charge in [-0.2, -0.15) is 0 Å². The number of rotatable bonds is 2. The smallest absolute Gasteiger partial charge is 0.320 e. The average molecular weight is 472 g/mol. The maximum Gasteiger partial charge on any atom is 0.320 e. The van der Waals surface area contributed by atoms with Gasteiger partial charge in [0, 0.05) is 55.6 Å². The third-order valence-corrected chi connectivity index (χ3v) is 8.47. The highest BCUT2D eigenvalue weighted by Gasteiger charge is 2.38. The quantitative estimate of drug-likeness (QED) is 0.584. The topological polar surface area (TPSA) is 73.5 Å². The molecular weight excluding hydrogens is 438 g/mol. The second kappa shape index (κ2) is 8.35. The van der Waals surface area contributed by atoms with Crippen LogP contribution in [0.2, 0.25) is 0 Å². The molecule has 6 heterocycles. The van der Waals surface area contributed by atoms with Crippen molar-refractivity contribution in [3.63, 3.8) is 0 Å². The van der Waals surface area contributed by atoms with Crippen molar-refractivity contribution < 1.29 is 9.53 Å². The molecule has 1 aromatic carbocycles. The number of aromatic amines is 1. The fourth-order valence-electron chi connectivity index (χ4n) is 6.55. The van der Waals surface area contributed by atoms with E-state index >= 15 is 0 Å². The van der Waals surface area contributed by atoms with Crippen LogP contribution in [0.3, 0.4) is 0 Å².